The first-order chi connectivity index (χ1) is 13.6. The number of hydrogen-bond acceptors (Lipinski definition) is 4. The molecule has 0 spiro atoms. The maximum absolute atomic E-state index is 12.7. The fourth-order valence-corrected chi connectivity index (χ4v) is 3.02. The normalized spacial score (nSPS) is 11.5. The fraction of sp³-hybridized carbons (Fsp3) is 0.0500. The van der Waals surface area contributed by atoms with E-state index in [-0.39, 0.29) is 5.52 Å². The van der Waals surface area contributed by atoms with Gasteiger partial charge in [0.1, 0.15) is 17.9 Å². The molecule has 0 fully saturated rings. The molecule has 28 heavy (non-hydrogen) atoms. The molecule has 2 heterocycles. The molecule has 0 amide bonds. The predicted octanol–water partition coefficient (Wildman–Crippen LogP) is 3.27. The minimum atomic E-state index is -0.638. The Morgan fingerprint density at radius 2 is 1.89 bits per heavy atom. The van der Waals surface area contributed by atoms with E-state index in [1.54, 1.807) is 48.5 Å². The molecule has 140 valence electrons. The Labute approximate surface area is 163 Å². The van der Waals surface area contributed by atoms with Gasteiger partial charge in [-0.15, -0.1) is 4.68 Å². The number of rotatable bonds is 5. The average molecular weight is 395 g/mol. The molecule has 0 aliphatic rings. The molecule has 2 aromatic carbocycles. The topological polar surface area (TPSA) is 92.2 Å². The number of nitrogens with one attached hydrogen (secondary N) is 2. The third-order valence-corrected chi connectivity index (χ3v) is 4.40. The van der Waals surface area contributed by atoms with Crippen LogP contribution in [0.15, 0.2) is 69.8 Å². The van der Waals surface area contributed by atoms with Gasteiger partial charge >= 0.3 is 11.2 Å². The summed E-state index contributed by atoms with van der Waals surface area (Å²) in [5.41, 5.74) is 0.878. The highest BCUT2D eigenvalue weighted by molar-refractivity contribution is 6.31. The summed E-state index contributed by atoms with van der Waals surface area (Å²) >= 11 is 6.02. The van der Waals surface area contributed by atoms with Crippen LogP contribution in [0.5, 0.6) is 5.75 Å². The molecular weight excluding hydrogens is 380 g/mol. The Hall–Kier alpha value is -3.58. The van der Waals surface area contributed by atoms with Crippen LogP contribution in [0.25, 0.3) is 21.9 Å². The summed E-state index contributed by atoms with van der Waals surface area (Å²) in [5, 5.41) is 5.22. The largest absolute Gasteiger partial charge is 0.490 e. The van der Waals surface area contributed by atoms with Crippen LogP contribution in [0.4, 0.5) is 0 Å². The zero-order chi connectivity index (χ0) is 19.7. The molecule has 0 radical (unpaired) electrons. The Morgan fingerprint density at radius 1 is 1.11 bits per heavy atom. The van der Waals surface area contributed by atoms with Crippen LogP contribution in [-0.2, 0) is 0 Å². The van der Waals surface area contributed by atoms with E-state index in [9.17, 15) is 9.59 Å². The summed E-state index contributed by atoms with van der Waals surface area (Å²) in [6.07, 6.45) is 3.08. The number of hydrogen-bond donors (Lipinski definition) is 2. The van der Waals surface area contributed by atoms with E-state index in [1.165, 1.54) is 6.21 Å². The number of ether oxygens (including phenoxy) is 1. The Bertz CT molecular complexity index is 1330. The van der Waals surface area contributed by atoms with Crippen molar-refractivity contribution in [1.29, 1.82) is 0 Å². The van der Waals surface area contributed by atoms with Gasteiger partial charge in [0.05, 0.1) is 11.7 Å². The van der Waals surface area contributed by atoms with Crippen LogP contribution in [0.3, 0.4) is 0 Å². The van der Waals surface area contributed by atoms with Crippen LogP contribution in [0, 0.1) is 0 Å². The first kappa shape index (κ1) is 17.8. The van der Waals surface area contributed by atoms with Gasteiger partial charge in [0, 0.05) is 15.9 Å². The smallest absolute Gasteiger partial charge is 0.350 e. The number of H-pyrrole nitrogens is 2. The van der Waals surface area contributed by atoms with Gasteiger partial charge in [0.2, 0.25) is 0 Å². The lowest BCUT2D eigenvalue weighted by molar-refractivity contribution is 0.363. The highest BCUT2D eigenvalue weighted by Crippen LogP contribution is 2.24. The van der Waals surface area contributed by atoms with E-state index in [1.807, 2.05) is 0 Å². The van der Waals surface area contributed by atoms with Crippen molar-refractivity contribution in [3.8, 4) is 5.75 Å². The van der Waals surface area contributed by atoms with Crippen molar-refractivity contribution in [3.63, 3.8) is 0 Å². The summed E-state index contributed by atoms with van der Waals surface area (Å²) in [6, 6.07) is 12.2. The van der Waals surface area contributed by atoms with Crippen molar-refractivity contribution in [2.24, 2.45) is 5.10 Å². The number of nitrogens with zero attached hydrogens (tertiary/aromatic N) is 2. The van der Waals surface area contributed by atoms with E-state index >= 15 is 0 Å². The number of aromatic amines is 2. The molecule has 0 saturated carbocycles. The fourth-order valence-electron chi connectivity index (χ4n) is 2.85. The molecule has 2 N–H and O–H groups in total. The van der Waals surface area contributed by atoms with Crippen molar-refractivity contribution >= 4 is 39.8 Å². The van der Waals surface area contributed by atoms with E-state index in [4.69, 9.17) is 16.3 Å². The van der Waals surface area contributed by atoms with E-state index in [2.05, 4.69) is 21.6 Å². The summed E-state index contributed by atoms with van der Waals surface area (Å²) in [4.78, 5) is 30.8. The van der Waals surface area contributed by atoms with Gasteiger partial charge in [0.25, 0.3) is 0 Å². The maximum atomic E-state index is 12.7. The number of benzene rings is 2. The summed E-state index contributed by atoms with van der Waals surface area (Å²) in [6.45, 7) is 4.00. The van der Waals surface area contributed by atoms with Crippen LogP contribution >= 0.6 is 11.6 Å². The molecule has 7 nitrogen and oxygen atoms in total. The van der Waals surface area contributed by atoms with Crippen LogP contribution < -0.4 is 16.0 Å². The second-order valence-corrected chi connectivity index (χ2v) is 6.46. The minimum Gasteiger partial charge on any atom is -0.490 e. The lowest BCUT2D eigenvalue weighted by Gasteiger charge is -2.02. The van der Waals surface area contributed by atoms with Crippen molar-refractivity contribution < 1.29 is 4.74 Å². The van der Waals surface area contributed by atoms with Crippen LogP contribution in [-0.4, -0.2) is 27.5 Å². The van der Waals surface area contributed by atoms with Crippen molar-refractivity contribution in [2.75, 3.05) is 6.61 Å². The summed E-state index contributed by atoms with van der Waals surface area (Å²) in [5.74, 6) is 0.685. The zero-order valence-corrected chi connectivity index (χ0v) is 15.4. The molecule has 0 saturated heterocycles. The van der Waals surface area contributed by atoms with Gasteiger partial charge < -0.3 is 14.7 Å². The van der Waals surface area contributed by atoms with Crippen LogP contribution in [0.1, 0.15) is 5.56 Å². The third-order valence-electron chi connectivity index (χ3n) is 4.16. The van der Waals surface area contributed by atoms with Gasteiger partial charge in [-0.2, -0.15) is 5.10 Å². The van der Waals surface area contributed by atoms with E-state index in [0.717, 1.165) is 4.68 Å². The highest BCUT2D eigenvalue weighted by atomic mass is 35.5. The SMILES string of the molecule is C=CCOc1ccc(/C=N/n2c(=O)[nH]c3c([nH]c4ccc(Cl)cc43)c2=O)cc1. The molecule has 8 heteroatoms. The first-order valence-electron chi connectivity index (χ1n) is 8.41. The van der Waals surface area contributed by atoms with Crippen molar-refractivity contribution in [1.82, 2.24) is 14.6 Å². The van der Waals surface area contributed by atoms with Gasteiger partial charge in [-0.3, -0.25) is 4.79 Å². The number of fused-ring (bicyclic) bond motifs is 3. The Kier molecular flexibility index (Phi) is 4.58. The van der Waals surface area contributed by atoms with E-state index in [0.29, 0.717) is 39.4 Å². The quantitative estimate of drug-likeness (QED) is 0.402. The average Bonchev–Trinajstić information content (AvgIpc) is 3.05. The molecule has 4 rings (SSSR count). The molecule has 0 bridgehead atoms. The monoisotopic (exact) mass is 394 g/mol. The van der Waals surface area contributed by atoms with Gasteiger partial charge in [-0.05, 0) is 48.0 Å². The first-order valence-corrected chi connectivity index (χ1v) is 8.79. The highest BCUT2D eigenvalue weighted by Gasteiger charge is 2.12. The van der Waals surface area contributed by atoms with E-state index < -0.39 is 11.2 Å². The van der Waals surface area contributed by atoms with Crippen molar-refractivity contribution in [2.45, 2.75) is 0 Å². The molecular formula is C20H15ClN4O3. The molecule has 2 aromatic heterocycles. The third kappa shape index (κ3) is 3.23. The lowest BCUT2D eigenvalue weighted by Crippen LogP contribution is -2.32. The van der Waals surface area contributed by atoms with Gasteiger partial charge in [-0.1, -0.05) is 24.3 Å². The number of aromatic nitrogens is 3. The Balaban J connectivity index is 1.73. The predicted molar refractivity (Wildman–Crippen MR) is 111 cm³/mol. The summed E-state index contributed by atoms with van der Waals surface area (Å²) < 4.78 is 6.19. The minimum absolute atomic E-state index is 0.252. The van der Waals surface area contributed by atoms with Gasteiger partial charge in [0.15, 0.2) is 0 Å². The lowest BCUT2D eigenvalue weighted by atomic mass is 10.2. The molecule has 4 aromatic rings. The molecule has 0 aliphatic carbocycles. The number of halogens is 1. The molecule has 0 atom stereocenters. The zero-order valence-electron chi connectivity index (χ0n) is 14.6. The van der Waals surface area contributed by atoms with Crippen LogP contribution in [0.2, 0.25) is 5.02 Å². The standard InChI is InChI=1S/C20H15ClN4O3/c1-2-9-28-14-6-3-12(4-7-14)11-22-25-19(26)18-17(24-20(25)27)15-10-13(21)5-8-16(15)23-18/h2-8,10-11,23H,1,9H2,(H,24,27)/b22-11+. The van der Waals surface area contributed by atoms with Gasteiger partial charge in [-0.25, -0.2) is 4.79 Å². The molecule has 0 aliphatic heterocycles. The second-order valence-electron chi connectivity index (χ2n) is 6.03. The maximum Gasteiger partial charge on any atom is 0.350 e. The van der Waals surface area contributed by atoms with Crippen molar-refractivity contribution in [3.05, 3.63) is 86.5 Å². The molecule has 0 unspecified atom stereocenters. The Morgan fingerprint density at radius 3 is 2.64 bits per heavy atom. The second kappa shape index (κ2) is 7.21. The summed E-state index contributed by atoms with van der Waals surface area (Å²) in [7, 11) is 0.